The number of rotatable bonds is 6. The van der Waals surface area contributed by atoms with E-state index in [2.05, 4.69) is 29.7 Å². The van der Waals surface area contributed by atoms with Gasteiger partial charge in [0.25, 0.3) is 0 Å². The molecule has 138 valence electrons. The number of nitrogen functional groups attached to an aromatic ring is 1. The maximum absolute atomic E-state index is 12.3. The third-order valence-electron chi connectivity index (χ3n) is 4.34. The Labute approximate surface area is 158 Å². The van der Waals surface area contributed by atoms with Crippen molar-refractivity contribution in [1.29, 1.82) is 0 Å². The summed E-state index contributed by atoms with van der Waals surface area (Å²) in [5.74, 6) is 0.257. The van der Waals surface area contributed by atoms with Gasteiger partial charge in [-0.05, 0) is 30.8 Å². The smallest absolute Gasteiger partial charge is 0.236 e. The van der Waals surface area contributed by atoms with E-state index in [1.165, 1.54) is 5.56 Å². The van der Waals surface area contributed by atoms with E-state index in [0.717, 1.165) is 51.5 Å². The molecule has 0 radical (unpaired) electrons. The highest BCUT2D eigenvalue weighted by molar-refractivity contribution is 5.85. The molecule has 1 amide bonds. The van der Waals surface area contributed by atoms with Gasteiger partial charge in [-0.25, -0.2) is 0 Å². The summed E-state index contributed by atoms with van der Waals surface area (Å²) in [5, 5.41) is 0. The highest BCUT2D eigenvalue weighted by atomic mass is 35.5. The van der Waals surface area contributed by atoms with E-state index in [4.69, 9.17) is 5.73 Å². The van der Waals surface area contributed by atoms with Crippen LogP contribution in [0.15, 0.2) is 24.3 Å². The van der Waals surface area contributed by atoms with Gasteiger partial charge in [0.1, 0.15) is 0 Å². The summed E-state index contributed by atoms with van der Waals surface area (Å²) in [4.78, 5) is 18.8. The van der Waals surface area contributed by atoms with E-state index in [9.17, 15) is 4.79 Å². The lowest BCUT2D eigenvalue weighted by atomic mass is 10.1. The monoisotopic (exact) mass is 376 g/mol. The van der Waals surface area contributed by atoms with Gasteiger partial charge in [0.2, 0.25) is 5.91 Å². The van der Waals surface area contributed by atoms with Crippen LogP contribution in [-0.4, -0.2) is 66.4 Å². The molecule has 0 aromatic heterocycles. The van der Waals surface area contributed by atoms with Gasteiger partial charge in [-0.2, -0.15) is 0 Å². The molecule has 0 spiro atoms. The second-order valence-electron chi connectivity index (χ2n) is 5.86. The van der Waals surface area contributed by atoms with Crippen LogP contribution >= 0.6 is 24.8 Å². The minimum Gasteiger partial charge on any atom is -0.399 e. The summed E-state index contributed by atoms with van der Waals surface area (Å²) in [6, 6.07) is 8.04. The number of amides is 1. The van der Waals surface area contributed by atoms with Gasteiger partial charge in [0.15, 0.2) is 0 Å². The fourth-order valence-corrected chi connectivity index (χ4v) is 2.84. The molecule has 0 aliphatic carbocycles. The van der Waals surface area contributed by atoms with E-state index in [0.29, 0.717) is 6.54 Å². The molecule has 0 atom stereocenters. The fraction of sp³-hybridized carbons (Fsp3) is 0.588. The predicted molar refractivity (Wildman–Crippen MR) is 105 cm³/mol. The average Bonchev–Trinajstić information content (AvgIpc) is 2.53. The first kappa shape index (κ1) is 23.0. The van der Waals surface area contributed by atoms with Gasteiger partial charge in [0.05, 0.1) is 6.54 Å². The molecule has 1 aromatic rings. The van der Waals surface area contributed by atoms with Crippen molar-refractivity contribution in [1.82, 2.24) is 14.7 Å². The van der Waals surface area contributed by atoms with Crippen LogP contribution in [0.5, 0.6) is 0 Å². The van der Waals surface area contributed by atoms with E-state index in [-0.39, 0.29) is 30.7 Å². The first-order chi connectivity index (χ1) is 10.6. The number of benzene rings is 1. The van der Waals surface area contributed by atoms with Crippen LogP contribution in [-0.2, 0) is 11.3 Å². The molecule has 1 heterocycles. The minimum absolute atomic E-state index is 0. The number of carbonyl (C=O) groups is 1. The van der Waals surface area contributed by atoms with Crippen LogP contribution in [0.3, 0.4) is 0 Å². The Balaban J connectivity index is 0.00000264. The number of carbonyl (C=O) groups excluding carboxylic acids is 1. The number of piperazine rings is 1. The first-order valence-corrected chi connectivity index (χ1v) is 8.19. The van der Waals surface area contributed by atoms with Gasteiger partial charge >= 0.3 is 0 Å². The number of hydrogen-bond acceptors (Lipinski definition) is 4. The molecule has 5 nitrogen and oxygen atoms in total. The summed E-state index contributed by atoms with van der Waals surface area (Å²) in [7, 11) is 0. The molecular formula is C17H30Cl2N4O. The molecule has 2 rings (SSSR count). The minimum atomic E-state index is 0. The number of nitrogens with zero attached hydrogens (tertiary/aromatic N) is 3. The van der Waals surface area contributed by atoms with Crippen molar-refractivity contribution in [3.8, 4) is 0 Å². The molecule has 1 fully saturated rings. The highest BCUT2D eigenvalue weighted by Gasteiger charge is 2.22. The number of nitrogens with two attached hydrogens (primary N) is 1. The standard InChI is InChI=1S/C17H28N4O.2ClH/c1-3-19(4-2)14-17(22)21-10-8-20(9-11-21)13-15-6-5-7-16(18)12-15;;/h5-7,12H,3-4,8-11,13-14,18H2,1-2H3;2*1H. The van der Waals surface area contributed by atoms with E-state index < -0.39 is 0 Å². The summed E-state index contributed by atoms with van der Waals surface area (Å²) in [5.41, 5.74) is 7.87. The van der Waals surface area contributed by atoms with Crippen LogP contribution in [0.2, 0.25) is 0 Å². The maximum atomic E-state index is 12.3. The number of halogens is 2. The van der Waals surface area contributed by atoms with Crippen LogP contribution < -0.4 is 5.73 Å². The van der Waals surface area contributed by atoms with Gasteiger partial charge in [-0.15, -0.1) is 24.8 Å². The Kier molecular flexibility index (Phi) is 11.0. The van der Waals surface area contributed by atoms with Crippen molar-refractivity contribution in [3.05, 3.63) is 29.8 Å². The lowest BCUT2D eigenvalue weighted by Gasteiger charge is -2.35. The second-order valence-corrected chi connectivity index (χ2v) is 5.86. The van der Waals surface area contributed by atoms with E-state index in [1.807, 2.05) is 23.1 Å². The molecule has 0 unspecified atom stereocenters. The van der Waals surface area contributed by atoms with Crippen molar-refractivity contribution in [3.63, 3.8) is 0 Å². The van der Waals surface area contributed by atoms with Crippen molar-refractivity contribution >= 4 is 36.4 Å². The zero-order chi connectivity index (χ0) is 15.9. The van der Waals surface area contributed by atoms with Gasteiger partial charge in [0, 0.05) is 38.4 Å². The first-order valence-electron chi connectivity index (χ1n) is 8.19. The Morgan fingerprint density at radius 1 is 1.12 bits per heavy atom. The second kappa shape index (κ2) is 11.5. The molecule has 2 N–H and O–H groups in total. The third kappa shape index (κ3) is 6.85. The van der Waals surface area contributed by atoms with Crippen LogP contribution in [0.1, 0.15) is 19.4 Å². The summed E-state index contributed by atoms with van der Waals surface area (Å²) in [6.45, 7) is 11.0. The van der Waals surface area contributed by atoms with Crippen molar-refractivity contribution in [2.75, 3.05) is 51.5 Å². The molecule has 7 heteroatoms. The Morgan fingerprint density at radius 3 is 2.29 bits per heavy atom. The average molecular weight is 377 g/mol. The van der Waals surface area contributed by atoms with Gasteiger partial charge in [-0.3, -0.25) is 14.6 Å². The molecule has 1 aliphatic rings. The third-order valence-corrected chi connectivity index (χ3v) is 4.34. The van der Waals surface area contributed by atoms with Crippen LogP contribution in [0.4, 0.5) is 5.69 Å². The zero-order valence-corrected chi connectivity index (χ0v) is 16.2. The maximum Gasteiger partial charge on any atom is 0.236 e. The quantitative estimate of drug-likeness (QED) is 0.772. The fourth-order valence-electron chi connectivity index (χ4n) is 2.84. The van der Waals surface area contributed by atoms with Crippen molar-refractivity contribution in [2.24, 2.45) is 0 Å². The van der Waals surface area contributed by atoms with Crippen LogP contribution in [0, 0.1) is 0 Å². The summed E-state index contributed by atoms with van der Waals surface area (Å²) in [6.07, 6.45) is 0. The number of likely N-dealkylation sites (N-methyl/N-ethyl adjacent to an activating group) is 1. The predicted octanol–water partition coefficient (Wildman–Crippen LogP) is 2.10. The van der Waals surface area contributed by atoms with Crippen molar-refractivity contribution < 1.29 is 4.79 Å². The Bertz CT molecular complexity index is 489. The molecular weight excluding hydrogens is 347 g/mol. The molecule has 1 saturated heterocycles. The normalized spacial score (nSPS) is 14.9. The van der Waals surface area contributed by atoms with Crippen molar-refractivity contribution in [2.45, 2.75) is 20.4 Å². The summed E-state index contributed by atoms with van der Waals surface area (Å²) >= 11 is 0. The number of anilines is 1. The number of hydrogen-bond donors (Lipinski definition) is 1. The molecule has 1 aliphatic heterocycles. The largest absolute Gasteiger partial charge is 0.399 e. The Hall–Kier alpha value is -1.01. The van der Waals surface area contributed by atoms with Crippen LogP contribution in [0.25, 0.3) is 0 Å². The zero-order valence-electron chi connectivity index (χ0n) is 14.6. The molecule has 1 aromatic carbocycles. The van der Waals surface area contributed by atoms with Gasteiger partial charge < -0.3 is 10.6 Å². The Morgan fingerprint density at radius 2 is 1.75 bits per heavy atom. The molecule has 24 heavy (non-hydrogen) atoms. The SMILES string of the molecule is CCN(CC)CC(=O)N1CCN(Cc2cccc(N)c2)CC1.Cl.Cl. The van der Waals surface area contributed by atoms with E-state index in [1.54, 1.807) is 0 Å². The topological polar surface area (TPSA) is 52.8 Å². The molecule has 0 bridgehead atoms. The van der Waals surface area contributed by atoms with E-state index >= 15 is 0 Å². The van der Waals surface area contributed by atoms with Gasteiger partial charge in [-0.1, -0.05) is 26.0 Å². The highest BCUT2D eigenvalue weighted by Crippen LogP contribution is 2.12. The molecule has 0 saturated carbocycles. The lowest BCUT2D eigenvalue weighted by Crippen LogP contribution is -2.50. The summed E-state index contributed by atoms with van der Waals surface area (Å²) < 4.78 is 0. The lowest BCUT2D eigenvalue weighted by molar-refractivity contribution is -0.134.